The Morgan fingerprint density at radius 2 is 1.59 bits per heavy atom. The first kappa shape index (κ1) is 17.7. The lowest BCUT2D eigenvalue weighted by molar-refractivity contribution is -0.153. The minimum Gasteiger partial charge on any atom is -0.381 e. The van der Waals surface area contributed by atoms with Gasteiger partial charge in [-0.15, -0.1) is 0 Å². The van der Waals surface area contributed by atoms with Crippen molar-refractivity contribution in [1.29, 1.82) is 0 Å². The highest BCUT2D eigenvalue weighted by molar-refractivity contribution is 5.81. The molecule has 128 valence electrons. The summed E-state index contributed by atoms with van der Waals surface area (Å²) in [7, 11) is 0. The number of nitrogens with zero attached hydrogens (tertiary/aromatic N) is 1. The molecule has 0 radical (unpaired) electrons. The summed E-state index contributed by atoms with van der Waals surface area (Å²) in [6.45, 7) is 7.66. The molecule has 0 aromatic rings. The van der Waals surface area contributed by atoms with Gasteiger partial charge < -0.3 is 14.4 Å². The van der Waals surface area contributed by atoms with Crippen molar-refractivity contribution >= 4 is 5.91 Å². The van der Waals surface area contributed by atoms with E-state index >= 15 is 0 Å². The monoisotopic (exact) mass is 311 g/mol. The summed E-state index contributed by atoms with van der Waals surface area (Å²) in [4.78, 5) is 14.9. The van der Waals surface area contributed by atoms with Gasteiger partial charge in [0.15, 0.2) is 0 Å². The Balaban J connectivity index is 1.93. The number of hydrogen-bond donors (Lipinski definition) is 0. The zero-order chi connectivity index (χ0) is 15.9. The molecule has 0 bridgehead atoms. The molecular formula is C18H33NO3. The lowest BCUT2D eigenvalue weighted by Crippen LogP contribution is -2.51. The van der Waals surface area contributed by atoms with Gasteiger partial charge in [-0.1, -0.05) is 25.7 Å². The van der Waals surface area contributed by atoms with Crippen molar-refractivity contribution in [2.24, 2.45) is 0 Å². The largest absolute Gasteiger partial charge is 0.381 e. The van der Waals surface area contributed by atoms with Gasteiger partial charge >= 0.3 is 0 Å². The summed E-state index contributed by atoms with van der Waals surface area (Å²) < 4.78 is 11.6. The van der Waals surface area contributed by atoms with Gasteiger partial charge in [0.05, 0.1) is 6.10 Å². The van der Waals surface area contributed by atoms with Gasteiger partial charge in [0, 0.05) is 25.3 Å². The van der Waals surface area contributed by atoms with E-state index in [0.717, 1.165) is 38.9 Å². The maximum atomic E-state index is 12.9. The van der Waals surface area contributed by atoms with Crippen LogP contribution in [0.15, 0.2) is 0 Å². The molecule has 0 aromatic carbocycles. The molecule has 2 rings (SSSR count). The third-order valence-electron chi connectivity index (χ3n) is 4.94. The van der Waals surface area contributed by atoms with Gasteiger partial charge in [0.2, 0.25) is 0 Å². The van der Waals surface area contributed by atoms with Gasteiger partial charge in [-0.2, -0.15) is 0 Å². The highest BCUT2D eigenvalue weighted by atomic mass is 16.5. The third-order valence-corrected chi connectivity index (χ3v) is 4.94. The zero-order valence-corrected chi connectivity index (χ0v) is 14.6. The average molecular weight is 311 g/mol. The Morgan fingerprint density at radius 3 is 2.14 bits per heavy atom. The number of carbonyl (C=O) groups is 1. The number of amides is 1. The van der Waals surface area contributed by atoms with E-state index in [2.05, 4.69) is 13.8 Å². The van der Waals surface area contributed by atoms with Crippen molar-refractivity contribution in [2.75, 3.05) is 13.2 Å². The molecule has 1 atom stereocenters. The van der Waals surface area contributed by atoms with Crippen molar-refractivity contribution in [1.82, 2.24) is 4.90 Å². The third kappa shape index (κ3) is 4.95. The molecule has 1 heterocycles. The molecule has 1 amide bonds. The van der Waals surface area contributed by atoms with Crippen LogP contribution in [0, 0.1) is 0 Å². The first-order valence-electron chi connectivity index (χ1n) is 9.15. The fourth-order valence-corrected chi connectivity index (χ4v) is 3.75. The molecule has 1 aliphatic carbocycles. The second-order valence-electron chi connectivity index (χ2n) is 7.07. The van der Waals surface area contributed by atoms with Gasteiger partial charge in [-0.3, -0.25) is 4.79 Å². The summed E-state index contributed by atoms with van der Waals surface area (Å²) in [6.07, 6.45) is 9.13. The van der Waals surface area contributed by atoms with Crippen molar-refractivity contribution in [3.63, 3.8) is 0 Å². The predicted octanol–water partition coefficient (Wildman–Crippen LogP) is 3.53. The van der Waals surface area contributed by atoms with E-state index in [-0.39, 0.29) is 24.2 Å². The van der Waals surface area contributed by atoms with E-state index in [1.165, 1.54) is 25.7 Å². The molecule has 0 aromatic heterocycles. The van der Waals surface area contributed by atoms with Crippen LogP contribution in [-0.4, -0.2) is 48.3 Å². The topological polar surface area (TPSA) is 38.8 Å². The van der Waals surface area contributed by atoms with Crippen LogP contribution in [0.4, 0.5) is 0 Å². The molecule has 0 unspecified atom stereocenters. The summed E-state index contributed by atoms with van der Waals surface area (Å²) in [6, 6.07) is 0.525. The minimum absolute atomic E-state index is 0.158. The summed E-state index contributed by atoms with van der Waals surface area (Å²) >= 11 is 0. The molecule has 1 aliphatic heterocycles. The quantitative estimate of drug-likeness (QED) is 0.729. The van der Waals surface area contributed by atoms with E-state index < -0.39 is 0 Å². The van der Waals surface area contributed by atoms with Crippen molar-refractivity contribution in [2.45, 2.75) is 96.4 Å². The number of hydrogen-bond acceptors (Lipinski definition) is 3. The smallest absolute Gasteiger partial charge is 0.251 e. The van der Waals surface area contributed by atoms with Gasteiger partial charge in [-0.05, 0) is 46.5 Å². The molecule has 0 N–H and O–H groups in total. The highest BCUT2D eigenvalue weighted by Crippen LogP contribution is 2.23. The molecule has 0 spiro atoms. The average Bonchev–Trinajstić information content (AvgIpc) is 2.76. The lowest BCUT2D eigenvalue weighted by atomic mass is 10.0. The molecule has 22 heavy (non-hydrogen) atoms. The normalized spacial score (nSPS) is 23.3. The Hall–Kier alpha value is -0.610. The number of ether oxygens (including phenoxy) is 2. The Labute approximate surface area is 135 Å². The standard InChI is InChI=1S/C18H33NO3/c1-14(2)19(16-10-12-21-13-11-16)18(20)15(3)22-17-8-6-4-5-7-9-17/h14-17H,4-13H2,1-3H3/t15-/m0/s1. The zero-order valence-electron chi connectivity index (χ0n) is 14.6. The summed E-state index contributed by atoms with van der Waals surface area (Å²) in [5, 5.41) is 0. The molecule has 1 saturated carbocycles. The van der Waals surface area contributed by atoms with E-state index in [1.807, 2.05) is 11.8 Å². The molecule has 1 saturated heterocycles. The van der Waals surface area contributed by atoms with Gasteiger partial charge in [0.25, 0.3) is 5.91 Å². The Morgan fingerprint density at radius 1 is 1.00 bits per heavy atom. The van der Waals surface area contributed by atoms with Crippen molar-refractivity contribution < 1.29 is 14.3 Å². The fourth-order valence-electron chi connectivity index (χ4n) is 3.75. The molecule has 2 aliphatic rings. The highest BCUT2D eigenvalue weighted by Gasteiger charge is 2.32. The number of carbonyl (C=O) groups excluding carboxylic acids is 1. The second kappa shape index (κ2) is 8.88. The Kier molecular flexibility index (Phi) is 7.16. The van der Waals surface area contributed by atoms with Crippen molar-refractivity contribution in [3.8, 4) is 0 Å². The van der Waals surface area contributed by atoms with Crippen LogP contribution in [0.2, 0.25) is 0 Å². The molecule has 2 fully saturated rings. The van der Waals surface area contributed by atoms with Gasteiger partial charge in [-0.25, -0.2) is 0 Å². The van der Waals surface area contributed by atoms with Crippen LogP contribution in [-0.2, 0) is 14.3 Å². The Bertz CT molecular complexity index is 331. The summed E-state index contributed by atoms with van der Waals surface area (Å²) in [5.41, 5.74) is 0. The van der Waals surface area contributed by atoms with Crippen LogP contribution < -0.4 is 0 Å². The first-order chi connectivity index (χ1) is 10.6. The van der Waals surface area contributed by atoms with Crippen LogP contribution in [0.1, 0.15) is 72.1 Å². The van der Waals surface area contributed by atoms with E-state index in [4.69, 9.17) is 9.47 Å². The first-order valence-corrected chi connectivity index (χ1v) is 9.15. The van der Waals surface area contributed by atoms with Crippen LogP contribution >= 0.6 is 0 Å². The minimum atomic E-state index is -0.326. The van der Waals surface area contributed by atoms with Crippen molar-refractivity contribution in [3.05, 3.63) is 0 Å². The molecule has 4 nitrogen and oxygen atoms in total. The van der Waals surface area contributed by atoms with Crippen LogP contribution in [0.25, 0.3) is 0 Å². The summed E-state index contributed by atoms with van der Waals surface area (Å²) in [5.74, 6) is 0.158. The van der Waals surface area contributed by atoms with Crippen LogP contribution in [0.3, 0.4) is 0 Å². The predicted molar refractivity (Wildman–Crippen MR) is 87.9 cm³/mol. The lowest BCUT2D eigenvalue weighted by Gasteiger charge is -2.39. The second-order valence-corrected chi connectivity index (χ2v) is 7.07. The van der Waals surface area contributed by atoms with Crippen LogP contribution in [0.5, 0.6) is 0 Å². The molecule has 4 heteroatoms. The maximum absolute atomic E-state index is 12.9. The SMILES string of the molecule is CC(C)N(C(=O)[C@H](C)OC1CCCCCC1)C1CCOCC1. The van der Waals surface area contributed by atoms with E-state index in [9.17, 15) is 4.79 Å². The fraction of sp³-hybridized carbons (Fsp3) is 0.944. The van der Waals surface area contributed by atoms with Gasteiger partial charge in [0.1, 0.15) is 6.10 Å². The molecular weight excluding hydrogens is 278 g/mol. The number of rotatable bonds is 5. The van der Waals surface area contributed by atoms with E-state index in [1.54, 1.807) is 0 Å². The van der Waals surface area contributed by atoms with E-state index in [0.29, 0.717) is 6.04 Å². The maximum Gasteiger partial charge on any atom is 0.251 e.